The lowest BCUT2D eigenvalue weighted by atomic mass is 10.1. The number of amides is 1. The van der Waals surface area contributed by atoms with Gasteiger partial charge in [-0.3, -0.25) is 13.9 Å². The van der Waals surface area contributed by atoms with E-state index < -0.39 is 27.1 Å². The molecular formula is C14H11F3N4O3S2. The number of imidazole rings is 1. The van der Waals surface area contributed by atoms with Crippen molar-refractivity contribution in [3.05, 3.63) is 53.3 Å². The minimum Gasteiger partial charge on any atom is -0.346 e. The Bertz CT molecular complexity index is 1030. The summed E-state index contributed by atoms with van der Waals surface area (Å²) in [4.78, 5) is 17.3. The summed E-state index contributed by atoms with van der Waals surface area (Å²) in [5.41, 5.74) is -5.63. The number of rotatable bonds is 5. The average molecular weight is 404 g/mol. The predicted octanol–water partition coefficient (Wildman–Crippen LogP) is 2.59. The summed E-state index contributed by atoms with van der Waals surface area (Å²) >= 11 is 1.41. The highest BCUT2D eigenvalue weighted by Crippen LogP contribution is 2.27. The van der Waals surface area contributed by atoms with Crippen LogP contribution < -0.4 is 10.0 Å². The van der Waals surface area contributed by atoms with Gasteiger partial charge in [0.25, 0.3) is 5.91 Å². The average Bonchev–Trinajstić information content (AvgIpc) is 3.13. The van der Waals surface area contributed by atoms with Gasteiger partial charge in [0.1, 0.15) is 0 Å². The minimum atomic E-state index is -5.63. The van der Waals surface area contributed by atoms with Crippen LogP contribution in [0.4, 0.5) is 18.9 Å². The number of alkyl halides is 3. The van der Waals surface area contributed by atoms with E-state index in [2.05, 4.69) is 10.3 Å². The van der Waals surface area contributed by atoms with E-state index in [4.69, 9.17) is 0 Å². The maximum Gasteiger partial charge on any atom is 0.516 e. The molecule has 0 saturated heterocycles. The van der Waals surface area contributed by atoms with E-state index in [0.717, 1.165) is 11.0 Å². The van der Waals surface area contributed by atoms with E-state index in [9.17, 15) is 26.4 Å². The molecule has 138 valence electrons. The highest BCUT2D eigenvalue weighted by Gasteiger charge is 2.46. The molecule has 0 atom stereocenters. The molecular weight excluding hydrogens is 393 g/mol. The van der Waals surface area contributed by atoms with Crippen LogP contribution in [0.25, 0.3) is 4.96 Å². The van der Waals surface area contributed by atoms with Crippen molar-refractivity contribution in [3.63, 3.8) is 0 Å². The van der Waals surface area contributed by atoms with Crippen LogP contribution in [0.1, 0.15) is 16.1 Å². The molecule has 0 saturated carbocycles. The normalized spacial score (nSPS) is 12.3. The van der Waals surface area contributed by atoms with Crippen molar-refractivity contribution in [2.45, 2.75) is 12.1 Å². The van der Waals surface area contributed by atoms with Crippen LogP contribution in [0.3, 0.4) is 0 Å². The number of halogens is 3. The summed E-state index contributed by atoms with van der Waals surface area (Å²) in [5.74, 6) is -0.734. The summed E-state index contributed by atoms with van der Waals surface area (Å²) in [5, 5.41) is 4.35. The zero-order chi connectivity index (χ0) is 18.9. The number of hydrogen-bond acceptors (Lipinski definition) is 5. The number of carbonyl (C=O) groups excluding carboxylic acids is 1. The molecule has 0 fully saturated rings. The lowest BCUT2D eigenvalue weighted by Crippen LogP contribution is -2.31. The molecule has 1 aromatic carbocycles. The maximum atomic E-state index is 12.5. The first-order valence-corrected chi connectivity index (χ1v) is 9.41. The lowest BCUT2D eigenvalue weighted by Gasteiger charge is -2.13. The SMILES string of the molecule is O=C(NCc1cn2ccsc2n1)c1ccccc1NS(=O)(=O)C(F)(F)F. The Hall–Kier alpha value is -2.60. The third-order valence-corrected chi connectivity index (χ3v) is 5.16. The number of benzene rings is 1. The maximum absolute atomic E-state index is 12.5. The molecule has 1 amide bonds. The van der Waals surface area contributed by atoms with E-state index in [1.54, 1.807) is 16.8 Å². The van der Waals surface area contributed by atoms with E-state index in [1.165, 1.54) is 34.3 Å². The fraction of sp³-hybridized carbons (Fsp3) is 0.143. The molecule has 26 heavy (non-hydrogen) atoms. The van der Waals surface area contributed by atoms with Crippen molar-refractivity contribution in [1.82, 2.24) is 14.7 Å². The number of para-hydroxylation sites is 1. The highest BCUT2D eigenvalue weighted by molar-refractivity contribution is 7.93. The van der Waals surface area contributed by atoms with Crippen molar-refractivity contribution in [1.29, 1.82) is 0 Å². The van der Waals surface area contributed by atoms with E-state index in [1.807, 2.05) is 5.38 Å². The second kappa shape index (κ2) is 6.61. The Kier molecular flexibility index (Phi) is 4.63. The van der Waals surface area contributed by atoms with Crippen LogP contribution in [0.2, 0.25) is 0 Å². The Balaban J connectivity index is 1.76. The van der Waals surface area contributed by atoms with Crippen LogP contribution in [0, 0.1) is 0 Å². The van der Waals surface area contributed by atoms with Gasteiger partial charge in [0.15, 0.2) is 4.96 Å². The molecule has 0 aliphatic heterocycles. The van der Waals surface area contributed by atoms with Crippen molar-refractivity contribution in [2.24, 2.45) is 0 Å². The standard InChI is InChI=1S/C14H11F3N4O3S2/c15-14(16,17)26(23,24)20-11-4-2-1-3-10(11)12(22)18-7-9-8-21-5-6-25-13(21)19-9/h1-6,8,20H,7H2,(H,18,22). The Morgan fingerprint density at radius 3 is 2.69 bits per heavy atom. The summed E-state index contributed by atoms with van der Waals surface area (Å²) in [6.45, 7) is 0.0353. The lowest BCUT2D eigenvalue weighted by molar-refractivity contribution is -0.0429. The molecule has 0 spiro atoms. The first-order chi connectivity index (χ1) is 12.2. The van der Waals surface area contributed by atoms with Gasteiger partial charge in [0.2, 0.25) is 0 Å². The van der Waals surface area contributed by atoms with Gasteiger partial charge < -0.3 is 5.32 Å². The Morgan fingerprint density at radius 2 is 2.00 bits per heavy atom. The number of sulfonamides is 1. The van der Waals surface area contributed by atoms with E-state index in [0.29, 0.717) is 5.69 Å². The number of carbonyl (C=O) groups is 1. The fourth-order valence-electron chi connectivity index (χ4n) is 2.10. The number of hydrogen-bond donors (Lipinski definition) is 2. The molecule has 2 aromatic heterocycles. The topological polar surface area (TPSA) is 92.6 Å². The van der Waals surface area contributed by atoms with Crippen LogP contribution >= 0.6 is 11.3 Å². The van der Waals surface area contributed by atoms with Gasteiger partial charge in [-0.2, -0.15) is 21.6 Å². The van der Waals surface area contributed by atoms with Gasteiger partial charge in [0, 0.05) is 17.8 Å². The number of nitrogens with one attached hydrogen (secondary N) is 2. The van der Waals surface area contributed by atoms with Crippen molar-refractivity contribution < 1.29 is 26.4 Å². The largest absolute Gasteiger partial charge is 0.516 e. The monoisotopic (exact) mass is 404 g/mol. The van der Waals surface area contributed by atoms with Gasteiger partial charge in [-0.05, 0) is 12.1 Å². The number of thiazole rings is 1. The van der Waals surface area contributed by atoms with Crippen molar-refractivity contribution in [3.8, 4) is 0 Å². The molecule has 0 radical (unpaired) electrons. The number of anilines is 1. The zero-order valence-electron chi connectivity index (χ0n) is 12.8. The summed E-state index contributed by atoms with van der Waals surface area (Å²) in [6.07, 6.45) is 3.49. The third-order valence-electron chi connectivity index (χ3n) is 3.29. The van der Waals surface area contributed by atoms with Gasteiger partial charge in [-0.15, -0.1) is 11.3 Å². The molecule has 7 nitrogen and oxygen atoms in total. The van der Waals surface area contributed by atoms with Gasteiger partial charge in [-0.1, -0.05) is 12.1 Å². The van der Waals surface area contributed by atoms with Gasteiger partial charge in [-0.25, -0.2) is 4.98 Å². The summed E-state index contributed by atoms with van der Waals surface area (Å²) < 4.78 is 63.3. The van der Waals surface area contributed by atoms with Gasteiger partial charge >= 0.3 is 15.5 Å². The number of aromatic nitrogens is 2. The zero-order valence-corrected chi connectivity index (χ0v) is 14.5. The van der Waals surface area contributed by atoms with Crippen molar-refractivity contribution >= 4 is 37.9 Å². The molecule has 3 rings (SSSR count). The van der Waals surface area contributed by atoms with E-state index in [-0.39, 0.29) is 12.1 Å². The van der Waals surface area contributed by atoms with Crippen LogP contribution in [-0.2, 0) is 16.6 Å². The van der Waals surface area contributed by atoms with E-state index >= 15 is 0 Å². The summed E-state index contributed by atoms with van der Waals surface area (Å²) in [6, 6.07) is 5.02. The molecule has 0 aliphatic rings. The smallest absolute Gasteiger partial charge is 0.346 e. The Labute approximate surface area is 149 Å². The minimum absolute atomic E-state index is 0.0353. The first kappa shape index (κ1) is 18.2. The molecule has 12 heteroatoms. The molecule has 0 unspecified atom stereocenters. The molecule has 0 aliphatic carbocycles. The number of nitrogens with zero attached hydrogens (tertiary/aromatic N) is 2. The molecule has 0 bridgehead atoms. The fourth-order valence-corrected chi connectivity index (χ4v) is 3.40. The molecule has 3 aromatic rings. The van der Waals surface area contributed by atoms with Gasteiger partial charge in [0.05, 0.1) is 23.5 Å². The second-order valence-electron chi connectivity index (χ2n) is 5.10. The van der Waals surface area contributed by atoms with Crippen LogP contribution in [0.15, 0.2) is 42.0 Å². The summed E-state index contributed by atoms with van der Waals surface area (Å²) in [7, 11) is -5.63. The predicted molar refractivity (Wildman–Crippen MR) is 89.3 cm³/mol. The first-order valence-electron chi connectivity index (χ1n) is 7.05. The van der Waals surface area contributed by atoms with Crippen LogP contribution in [-0.4, -0.2) is 29.2 Å². The number of fused-ring (bicyclic) bond motifs is 1. The van der Waals surface area contributed by atoms with Crippen molar-refractivity contribution in [2.75, 3.05) is 4.72 Å². The third kappa shape index (κ3) is 3.65. The quantitative estimate of drug-likeness (QED) is 0.684. The second-order valence-corrected chi connectivity index (χ2v) is 7.65. The highest BCUT2D eigenvalue weighted by atomic mass is 32.2. The Morgan fingerprint density at radius 1 is 1.27 bits per heavy atom. The molecule has 2 N–H and O–H groups in total. The van der Waals surface area contributed by atoms with Crippen LogP contribution in [0.5, 0.6) is 0 Å². The molecule has 2 heterocycles.